The molecule has 2 aromatic rings. The Labute approximate surface area is 94.6 Å². The van der Waals surface area contributed by atoms with E-state index in [0.29, 0.717) is 21.3 Å². The van der Waals surface area contributed by atoms with Crippen LogP contribution < -0.4 is 10.5 Å². The molecule has 0 saturated carbocycles. The van der Waals surface area contributed by atoms with Crippen molar-refractivity contribution in [1.82, 2.24) is 4.98 Å². The molecular formula is C9H7ClN2O2S. The molecule has 0 aliphatic rings. The molecule has 0 aromatic carbocycles. The first-order chi connectivity index (χ1) is 7.08. The summed E-state index contributed by atoms with van der Waals surface area (Å²) < 4.78 is 5.74. The van der Waals surface area contributed by atoms with Crippen LogP contribution in [0.25, 0.3) is 10.2 Å². The predicted octanol–water partition coefficient (Wildman–Crippen LogP) is 2.46. The van der Waals surface area contributed by atoms with Gasteiger partial charge in [-0.2, -0.15) is 0 Å². The number of esters is 1. The lowest BCUT2D eigenvalue weighted by Gasteiger charge is -1.96. The number of anilines is 1. The Morgan fingerprint density at radius 3 is 3.07 bits per heavy atom. The molecule has 0 bridgehead atoms. The van der Waals surface area contributed by atoms with Gasteiger partial charge < -0.3 is 10.5 Å². The molecule has 0 fully saturated rings. The average Bonchev–Trinajstić information content (AvgIpc) is 2.42. The van der Waals surface area contributed by atoms with Gasteiger partial charge in [0.1, 0.15) is 11.2 Å². The van der Waals surface area contributed by atoms with Crippen LogP contribution in [0.4, 0.5) is 5.69 Å². The Morgan fingerprint density at radius 2 is 2.40 bits per heavy atom. The first-order valence-electron chi connectivity index (χ1n) is 4.10. The molecule has 0 saturated heterocycles. The molecule has 78 valence electrons. The van der Waals surface area contributed by atoms with Crippen LogP contribution in [0.15, 0.2) is 12.3 Å². The number of rotatable bonds is 1. The van der Waals surface area contributed by atoms with Crippen molar-refractivity contribution in [2.45, 2.75) is 6.92 Å². The maximum Gasteiger partial charge on any atom is 0.308 e. The minimum absolute atomic E-state index is 0.368. The van der Waals surface area contributed by atoms with Crippen molar-refractivity contribution in [2.24, 2.45) is 0 Å². The Bertz CT molecular complexity index is 538. The van der Waals surface area contributed by atoms with Crippen LogP contribution in [0.2, 0.25) is 5.02 Å². The number of pyridine rings is 1. The second-order valence-corrected chi connectivity index (χ2v) is 4.35. The van der Waals surface area contributed by atoms with E-state index in [0.717, 1.165) is 4.70 Å². The van der Waals surface area contributed by atoms with Gasteiger partial charge in [-0.25, -0.2) is 0 Å². The zero-order chi connectivity index (χ0) is 11.0. The average molecular weight is 243 g/mol. The fourth-order valence-corrected chi connectivity index (χ4v) is 2.39. The van der Waals surface area contributed by atoms with E-state index in [4.69, 9.17) is 22.1 Å². The highest BCUT2D eigenvalue weighted by Gasteiger charge is 2.13. The maximum atomic E-state index is 10.8. The number of carbonyl (C=O) groups is 1. The molecule has 2 N–H and O–H groups in total. The second kappa shape index (κ2) is 3.67. The van der Waals surface area contributed by atoms with Gasteiger partial charge >= 0.3 is 5.97 Å². The van der Waals surface area contributed by atoms with Crippen molar-refractivity contribution in [1.29, 1.82) is 0 Å². The zero-order valence-corrected chi connectivity index (χ0v) is 9.35. The maximum absolute atomic E-state index is 10.8. The van der Waals surface area contributed by atoms with Crippen molar-refractivity contribution in [2.75, 3.05) is 5.73 Å². The van der Waals surface area contributed by atoms with Crippen LogP contribution in [-0.2, 0) is 4.79 Å². The van der Waals surface area contributed by atoms with E-state index in [1.807, 2.05) is 0 Å². The molecule has 6 heteroatoms. The Hall–Kier alpha value is -1.33. The third-order valence-electron chi connectivity index (χ3n) is 1.73. The van der Waals surface area contributed by atoms with Crippen molar-refractivity contribution in [3.05, 3.63) is 17.3 Å². The number of carbonyl (C=O) groups excluding carboxylic acids is 1. The fraction of sp³-hybridized carbons (Fsp3) is 0.111. The van der Waals surface area contributed by atoms with E-state index >= 15 is 0 Å². The molecule has 2 rings (SSSR count). The predicted molar refractivity (Wildman–Crippen MR) is 60.4 cm³/mol. The number of fused-ring (bicyclic) bond motifs is 1. The SMILES string of the molecule is CC(=O)Oc1sc2cc(Cl)cnc2c1N. The molecule has 0 radical (unpaired) electrons. The van der Waals surface area contributed by atoms with Gasteiger partial charge in [-0.1, -0.05) is 22.9 Å². The number of thiophene rings is 1. The van der Waals surface area contributed by atoms with Crippen LogP contribution in [0.5, 0.6) is 5.06 Å². The number of halogens is 1. The molecule has 4 nitrogen and oxygen atoms in total. The largest absolute Gasteiger partial charge is 0.413 e. The van der Waals surface area contributed by atoms with Gasteiger partial charge in [-0.05, 0) is 6.07 Å². The Balaban J connectivity index is 2.58. The van der Waals surface area contributed by atoms with Crippen molar-refractivity contribution < 1.29 is 9.53 Å². The van der Waals surface area contributed by atoms with E-state index in [-0.39, 0.29) is 0 Å². The molecule has 0 amide bonds. The van der Waals surface area contributed by atoms with Gasteiger partial charge in [0.2, 0.25) is 5.06 Å². The van der Waals surface area contributed by atoms with E-state index < -0.39 is 5.97 Å². The van der Waals surface area contributed by atoms with Crippen LogP contribution in [0.1, 0.15) is 6.92 Å². The summed E-state index contributed by atoms with van der Waals surface area (Å²) in [6, 6.07) is 1.73. The molecule has 0 atom stereocenters. The normalized spacial score (nSPS) is 10.5. The van der Waals surface area contributed by atoms with E-state index in [2.05, 4.69) is 4.98 Å². The first-order valence-corrected chi connectivity index (χ1v) is 5.29. The highest BCUT2D eigenvalue weighted by Crippen LogP contribution is 2.39. The number of nitrogen functional groups attached to an aromatic ring is 1. The summed E-state index contributed by atoms with van der Waals surface area (Å²) in [7, 11) is 0. The standard InChI is InChI=1S/C9H7ClN2O2S/c1-4(13)14-9-7(11)8-6(15-9)2-5(10)3-12-8/h2-3H,11H2,1H3. The molecule has 15 heavy (non-hydrogen) atoms. The fourth-order valence-electron chi connectivity index (χ4n) is 1.16. The molecule has 2 aromatic heterocycles. The number of nitrogens with two attached hydrogens (primary N) is 1. The lowest BCUT2D eigenvalue weighted by Crippen LogP contribution is -2.01. The van der Waals surface area contributed by atoms with Gasteiger partial charge in [-0.3, -0.25) is 9.78 Å². The monoisotopic (exact) mass is 242 g/mol. The minimum Gasteiger partial charge on any atom is -0.413 e. The summed E-state index contributed by atoms with van der Waals surface area (Å²) >= 11 is 7.03. The quantitative estimate of drug-likeness (QED) is 0.780. The Kier molecular flexibility index (Phi) is 2.50. The highest BCUT2D eigenvalue weighted by molar-refractivity contribution is 7.21. The number of ether oxygens (including phenoxy) is 1. The number of aromatic nitrogens is 1. The van der Waals surface area contributed by atoms with E-state index in [1.54, 1.807) is 6.07 Å². The lowest BCUT2D eigenvalue weighted by molar-refractivity contribution is -0.131. The first kappa shape index (κ1) is 10.2. The van der Waals surface area contributed by atoms with Crippen molar-refractivity contribution >= 4 is 44.8 Å². The smallest absolute Gasteiger partial charge is 0.308 e. The Morgan fingerprint density at radius 1 is 1.67 bits per heavy atom. The summed E-state index contributed by atoms with van der Waals surface area (Å²) in [6.45, 7) is 1.32. The van der Waals surface area contributed by atoms with Gasteiger partial charge in [0.15, 0.2) is 0 Å². The number of hydrogen-bond donors (Lipinski definition) is 1. The third-order valence-corrected chi connectivity index (χ3v) is 2.96. The number of hydrogen-bond acceptors (Lipinski definition) is 5. The second-order valence-electron chi connectivity index (χ2n) is 2.90. The molecule has 0 spiro atoms. The topological polar surface area (TPSA) is 65.2 Å². The summed E-state index contributed by atoms with van der Waals surface area (Å²) in [5, 5.41) is 0.894. The van der Waals surface area contributed by atoms with Gasteiger partial charge in [0.25, 0.3) is 0 Å². The third kappa shape index (κ3) is 1.88. The van der Waals surface area contributed by atoms with Crippen molar-refractivity contribution in [3.8, 4) is 5.06 Å². The van der Waals surface area contributed by atoms with Gasteiger partial charge in [0.05, 0.1) is 9.72 Å². The van der Waals surface area contributed by atoms with E-state index in [1.165, 1.54) is 24.5 Å². The molecule has 0 aliphatic carbocycles. The van der Waals surface area contributed by atoms with Crippen LogP contribution >= 0.6 is 22.9 Å². The summed E-state index contributed by atoms with van der Waals surface area (Å²) in [5.74, 6) is -0.403. The van der Waals surface area contributed by atoms with Gasteiger partial charge in [0, 0.05) is 13.1 Å². The summed E-state index contributed by atoms with van der Waals surface area (Å²) in [5.41, 5.74) is 6.75. The lowest BCUT2D eigenvalue weighted by atomic mass is 10.4. The molecular weight excluding hydrogens is 236 g/mol. The minimum atomic E-state index is -0.403. The zero-order valence-electron chi connectivity index (χ0n) is 7.78. The van der Waals surface area contributed by atoms with Crippen LogP contribution in [-0.4, -0.2) is 11.0 Å². The van der Waals surface area contributed by atoms with Crippen molar-refractivity contribution in [3.63, 3.8) is 0 Å². The van der Waals surface area contributed by atoms with Gasteiger partial charge in [-0.15, -0.1) is 0 Å². The summed E-state index contributed by atoms with van der Waals surface area (Å²) in [4.78, 5) is 14.9. The molecule has 2 heterocycles. The van der Waals surface area contributed by atoms with Crippen LogP contribution in [0, 0.1) is 0 Å². The van der Waals surface area contributed by atoms with E-state index in [9.17, 15) is 4.79 Å². The molecule has 0 unspecified atom stereocenters. The highest BCUT2D eigenvalue weighted by atomic mass is 35.5. The number of nitrogens with zero attached hydrogens (tertiary/aromatic N) is 1. The van der Waals surface area contributed by atoms with Crippen LogP contribution in [0.3, 0.4) is 0 Å². The molecule has 0 aliphatic heterocycles. The summed E-state index contributed by atoms with van der Waals surface area (Å²) in [6.07, 6.45) is 1.50.